The number of nitrogens with zero attached hydrogens (tertiary/aromatic N) is 2. The zero-order valence-corrected chi connectivity index (χ0v) is 14.4. The molecule has 1 unspecified atom stereocenters. The van der Waals surface area contributed by atoms with Gasteiger partial charge in [-0.25, -0.2) is 4.79 Å². The van der Waals surface area contributed by atoms with Crippen LogP contribution in [0.1, 0.15) is 13.3 Å². The van der Waals surface area contributed by atoms with Crippen LogP contribution in [0.3, 0.4) is 0 Å². The Morgan fingerprint density at radius 2 is 1.83 bits per heavy atom. The Balaban J connectivity index is 2.68. The van der Waals surface area contributed by atoms with Gasteiger partial charge in [0.25, 0.3) is 0 Å². The van der Waals surface area contributed by atoms with Gasteiger partial charge < -0.3 is 19.9 Å². The molecule has 0 aliphatic heterocycles. The molecule has 0 saturated carbocycles. The minimum Gasteiger partial charge on any atom is -0.469 e. The van der Waals surface area contributed by atoms with E-state index in [1.807, 2.05) is 44.4 Å². The van der Waals surface area contributed by atoms with Crippen LogP contribution in [-0.2, 0) is 9.53 Å². The Labute approximate surface area is 138 Å². The zero-order chi connectivity index (χ0) is 17.2. The second-order valence-electron chi connectivity index (χ2n) is 5.82. The van der Waals surface area contributed by atoms with Gasteiger partial charge >= 0.3 is 12.0 Å². The van der Waals surface area contributed by atoms with E-state index in [9.17, 15) is 9.59 Å². The van der Waals surface area contributed by atoms with Crippen LogP contribution < -0.4 is 5.32 Å². The van der Waals surface area contributed by atoms with Gasteiger partial charge in [-0.3, -0.25) is 4.79 Å². The van der Waals surface area contributed by atoms with Gasteiger partial charge in [-0.15, -0.1) is 0 Å². The molecule has 0 saturated heterocycles. The van der Waals surface area contributed by atoms with Crippen LogP contribution in [0.25, 0.3) is 0 Å². The first-order valence-corrected chi connectivity index (χ1v) is 7.77. The van der Waals surface area contributed by atoms with Gasteiger partial charge in [0.15, 0.2) is 0 Å². The highest BCUT2D eigenvalue weighted by atomic mass is 16.5. The molecule has 23 heavy (non-hydrogen) atoms. The maximum Gasteiger partial charge on any atom is 0.321 e. The Hall–Kier alpha value is -2.08. The van der Waals surface area contributed by atoms with E-state index in [2.05, 4.69) is 10.2 Å². The Kier molecular flexibility index (Phi) is 8.11. The van der Waals surface area contributed by atoms with Crippen molar-refractivity contribution in [3.63, 3.8) is 0 Å². The minimum atomic E-state index is -0.360. The Morgan fingerprint density at radius 1 is 1.17 bits per heavy atom. The van der Waals surface area contributed by atoms with E-state index in [4.69, 9.17) is 4.74 Å². The van der Waals surface area contributed by atoms with E-state index >= 15 is 0 Å². The number of ether oxygens (including phenoxy) is 1. The highest BCUT2D eigenvalue weighted by Gasteiger charge is 2.21. The minimum absolute atomic E-state index is 0.203. The van der Waals surface area contributed by atoms with Crippen LogP contribution in [0, 0.1) is 5.92 Å². The highest BCUT2D eigenvalue weighted by molar-refractivity contribution is 5.89. The van der Waals surface area contributed by atoms with Crippen LogP contribution in [-0.4, -0.2) is 62.6 Å². The molecule has 1 aromatic rings. The fraction of sp³-hybridized carbons (Fsp3) is 0.529. The SMILES string of the molecule is COC(=O)C(C)CN(CCCN(C)C)C(=O)Nc1ccccc1. The second kappa shape index (κ2) is 9.84. The number of carbonyl (C=O) groups excluding carboxylic acids is 2. The summed E-state index contributed by atoms with van der Waals surface area (Å²) >= 11 is 0. The van der Waals surface area contributed by atoms with E-state index in [-0.39, 0.29) is 17.9 Å². The van der Waals surface area contributed by atoms with Gasteiger partial charge in [0, 0.05) is 18.8 Å². The van der Waals surface area contributed by atoms with Gasteiger partial charge in [0.2, 0.25) is 0 Å². The lowest BCUT2D eigenvalue weighted by Crippen LogP contribution is -2.41. The number of methoxy groups -OCH3 is 1. The third-order valence-corrected chi connectivity index (χ3v) is 3.44. The van der Waals surface area contributed by atoms with Crippen LogP contribution >= 0.6 is 0 Å². The first-order valence-electron chi connectivity index (χ1n) is 7.77. The third-order valence-electron chi connectivity index (χ3n) is 3.44. The van der Waals surface area contributed by atoms with E-state index in [1.165, 1.54) is 7.11 Å². The highest BCUT2D eigenvalue weighted by Crippen LogP contribution is 2.09. The summed E-state index contributed by atoms with van der Waals surface area (Å²) in [6.45, 7) is 3.55. The standard InChI is InChI=1S/C17H27N3O3/c1-14(16(21)23-4)13-20(12-8-11-19(2)3)17(22)18-15-9-6-5-7-10-15/h5-7,9-10,14H,8,11-13H2,1-4H3,(H,18,22). The third kappa shape index (κ3) is 7.15. The van der Waals surface area contributed by atoms with Gasteiger partial charge in [-0.2, -0.15) is 0 Å². The number of urea groups is 1. The summed E-state index contributed by atoms with van der Waals surface area (Å²) in [4.78, 5) is 27.8. The largest absolute Gasteiger partial charge is 0.469 e. The number of anilines is 1. The van der Waals surface area contributed by atoms with Crippen LogP contribution in [0.2, 0.25) is 0 Å². The van der Waals surface area contributed by atoms with Crippen molar-refractivity contribution >= 4 is 17.7 Å². The zero-order valence-electron chi connectivity index (χ0n) is 14.4. The fourth-order valence-electron chi connectivity index (χ4n) is 2.18. The smallest absolute Gasteiger partial charge is 0.321 e. The summed E-state index contributed by atoms with van der Waals surface area (Å²) < 4.78 is 4.75. The molecule has 2 amide bonds. The van der Waals surface area contributed by atoms with Crippen LogP contribution in [0.5, 0.6) is 0 Å². The number of para-hydroxylation sites is 1. The van der Waals surface area contributed by atoms with Crippen molar-refractivity contribution in [3.8, 4) is 0 Å². The molecule has 0 radical (unpaired) electrons. The molecule has 6 heteroatoms. The van der Waals surface area contributed by atoms with Crippen molar-refractivity contribution in [2.75, 3.05) is 46.2 Å². The Bertz CT molecular complexity index is 491. The number of amides is 2. The Morgan fingerprint density at radius 3 is 2.39 bits per heavy atom. The van der Waals surface area contributed by atoms with E-state index in [1.54, 1.807) is 11.8 Å². The molecule has 0 bridgehead atoms. The fourth-order valence-corrected chi connectivity index (χ4v) is 2.18. The lowest BCUT2D eigenvalue weighted by atomic mass is 10.1. The molecule has 1 N–H and O–H groups in total. The molecule has 0 heterocycles. The summed E-state index contributed by atoms with van der Waals surface area (Å²) in [7, 11) is 5.34. The number of hydrogen-bond acceptors (Lipinski definition) is 4. The number of rotatable bonds is 8. The number of hydrogen-bond donors (Lipinski definition) is 1. The lowest BCUT2D eigenvalue weighted by Gasteiger charge is -2.26. The first-order chi connectivity index (χ1) is 10.9. The van der Waals surface area contributed by atoms with Crippen molar-refractivity contribution in [2.45, 2.75) is 13.3 Å². The summed E-state index contributed by atoms with van der Waals surface area (Å²) in [6.07, 6.45) is 0.836. The second-order valence-corrected chi connectivity index (χ2v) is 5.82. The van der Waals surface area contributed by atoms with E-state index < -0.39 is 0 Å². The molecule has 6 nitrogen and oxygen atoms in total. The quantitative estimate of drug-likeness (QED) is 0.746. The van der Waals surface area contributed by atoms with Gasteiger partial charge in [-0.1, -0.05) is 25.1 Å². The van der Waals surface area contributed by atoms with Crippen molar-refractivity contribution in [1.82, 2.24) is 9.80 Å². The number of nitrogens with one attached hydrogen (secondary N) is 1. The number of benzene rings is 1. The molecular weight excluding hydrogens is 294 g/mol. The van der Waals surface area contributed by atoms with Gasteiger partial charge in [0.1, 0.15) is 0 Å². The molecule has 0 fully saturated rings. The monoisotopic (exact) mass is 321 g/mol. The molecular formula is C17H27N3O3. The predicted molar refractivity (Wildman–Crippen MR) is 91.4 cm³/mol. The van der Waals surface area contributed by atoms with Crippen molar-refractivity contribution in [3.05, 3.63) is 30.3 Å². The van der Waals surface area contributed by atoms with Gasteiger partial charge in [-0.05, 0) is 39.2 Å². The van der Waals surface area contributed by atoms with Crippen molar-refractivity contribution in [2.24, 2.45) is 5.92 Å². The average molecular weight is 321 g/mol. The number of esters is 1. The van der Waals surface area contributed by atoms with Crippen molar-refractivity contribution in [1.29, 1.82) is 0 Å². The molecule has 1 aromatic carbocycles. The van der Waals surface area contributed by atoms with Gasteiger partial charge in [0.05, 0.1) is 13.0 Å². The summed E-state index contributed by atoms with van der Waals surface area (Å²) in [5, 5.41) is 2.86. The summed E-state index contributed by atoms with van der Waals surface area (Å²) in [5.41, 5.74) is 0.737. The topological polar surface area (TPSA) is 61.9 Å². The maximum absolute atomic E-state index is 12.5. The lowest BCUT2D eigenvalue weighted by molar-refractivity contribution is -0.145. The van der Waals surface area contributed by atoms with Crippen LogP contribution in [0.4, 0.5) is 10.5 Å². The van der Waals surface area contributed by atoms with E-state index in [0.717, 1.165) is 18.7 Å². The first kappa shape index (κ1) is 19.0. The average Bonchev–Trinajstić information content (AvgIpc) is 2.53. The molecule has 0 aliphatic carbocycles. The predicted octanol–water partition coefficient (Wildman–Crippen LogP) is 2.28. The summed E-state index contributed by atoms with van der Waals surface area (Å²) in [5.74, 6) is -0.670. The van der Waals surface area contributed by atoms with E-state index in [0.29, 0.717) is 13.1 Å². The molecule has 1 rings (SSSR count). The van der Waals surface area contributed by atoms with Crippen molar-refractivity contribution < 1.29 is 14.3 Å². The molecule has 1 atom stereocenters. The normalized spacial score (nSPS) is 11.9. The molecule has 128 valence electrons. The number of carbonyl (C=O) groups is 2. The molecule has 0 aromatic heterocycles. The molecule has 0 spiro atoms. The maximum atomic E-state index is 12.5. The summed E-state index contributed by atoms with van der Waals surface area (Å²) in [6, 6.07) is 9.08. The van der Waals surface area contributed by atoms with Crippen LogP contribution in [0.15, 0.2) is 30.3 Å². The molecule has 0 aliphatic rings.